The smallest absolute Gasteiger partial charge is 0.337 e. The molecule has 1 heterocycles. The highest BCUT2D eigenvalue weighted by Gasteiger charge is 2.21. The molecule has 0 N–H and O–H groups in total. The van der Waals surface area contributed by atoms with E-state index in [-0.39, 0.29) is 26.1 Å². The van der Waals surface area contributed by atoms with Crippen molar-refractivity contribution < 1.29 is 17.9 Å². The van der Waals surface area contributed by atoms with E-state index in [1.165, 1.54) is 37.6 Å². The molecule has 134 valence electrons. The first-order valence-corrected chi connectivity index (χ1v) is 9.05. The van der Waals surface area contributed by atoms with Crippen LogP contribution < -0.4 is 4.47 Å². The van der Waals surface area contributed by atoms with Gasteiger partial charge < -0.3 is 14.4 Å². The maximum absolute atomic E-state index is 12.8. The fourth-order valence-corrected chi connectivity index (χ4v) is 3.55. The van der Waals surface area contributed by atoms with Crippen molar-refractivity contribution in [2.45, 2.75) is 11.8 Å². The third kappa shape index (κ3) is 3.12. The number of hydrogen-bond acceptors (Lipinski definition) is 6. The zero-order valence-electron chi connectivity index (χ0n) is 14.0. The summed E-state index contributed by atoms with van der Waals surface area (Å²) in [6, 6.07) is 11.8. The number of pyridine rings is 1. The number of ether oxygens (including phenoxy) is 1. The van der Waals surface area contributed by atoms with Crippen molar-refractivity contribution in [3.05, 3.63) is 71.1 Å². The van der Waals surface area contributed by atoms with Gasteiger partial charge in [0.15, 0.2) is 0 Å². The van der Waals surface area contributed by atoms with Crippen LogP contribution in [0.5, 0.6) is 0 Å². The summed E-state index contributed by atoms with van der Waals surface area (Å²) in [6.07, 6.45) is 1.44. The second kappa shape index (κ2) is 6.74. The van der Waals surface area contributed by atoms with Crippen LogP contribution in [-0.2, 0) is 14.8 Å². The fraction of sp³-hybridized carbons (Fsp3) is 0.111. The molecule has 2 aromatic carbocycles. The Morgan fingerprint density at radius 1 is 1.15 bits per heavy atom. The van der Waals surface area contributed by atoms with Gasteiger partial charge in [-0.05, 0) is 37.3 Å². The summed E-state index contributed by atoms with van der Waals surface area (Å²) in [7, 11) is -3.16. The molecule has 0 saturated heterocycles. The van der Waals surface area contributed by atoms with Gasteiger partial charge in [0, 0.05) is 11.6 Å². The topological polar surface area (TPSA) is 99.6 Å². The maximum atomic E-state index is 12.8. The summed E-state index contributed by atoms with van der Waals surface area (Å²) in [5.41, 5.74) is 0.846. The Bertz CT molecular complexity index is 1080. The molecule has 0 aliphatic carbocycles. The minimum Gasteiger partial charge on any atom is -0.744 e. The van der Waals surface area contributed by atoms with E-state index in [0.29, 0.717) is 5.39 Å². The Balaban J connectivity index is 2.19. The predicted molar refractivity (Wildman–Crippen MR) is 97.3 cm³/mol. The van der Waals surface area contributed by atoms with Crippen molar-refractivity contribution in [2.24, 2.45) is 0 Å². The van der Waals surface area contributed by atoms with Gasteiger partial charge in [-0.25, -0.2) is 13.2 Å². The van der Waals surface area contributed by atoms with E-state index in [1.807, 2.05) is 6.92 Å². The number of fused-ring (bicyclic) bond motifs is 1. The number of carbonyl (C=O) groups excluding carboxylic acids is 1. The average molecular weight is 371 g/mol. The van der Waals surface area contributed by atoms with Gasteiger partial charge in [0.25, 0.3) is 10.0 Å². The van der Waals surface area contributed by atoms with E-state index in [0.717, 1.165) is 5.56 Å². The average Bonchev–Trinajstić information content (AvgIpc) is 2.66. The Labute approximate surface area is 150 Å². The molecule has 26 heavy (non-hydrogen) atoms. The molecule has 0 saturated carbocycles. The lowest BCUT2D eigenvalue weighted by atomic mass is 10.1. The van der Waals surface area contributed by atoms with Crippen molar-refractivity contribution in [3.8, 4) is 0 Å². The molecular formula is C18H15N2O5S-. The van der Waals surface area contributed by atoms with Crippen molar-refractivity contribution in [2.75, 3.05) is 11.6 Å². The third-order valence-electron chi connectivity index (χ3n) is 3.84. The minimum atomic E-state index is -4.36. The molecule has 7 nitrogen and oxygen atoms in total. The molecule has 0 unspecified atom stereocenters. The molecule has 1 aromatic heterocycles. The number of carbonyl (C=O) groups is 1. The second-order valence-corrected chi connectivity index (χ2v) is 7.36. The molecule has 0 fully saturated rings. The first kappa shape index (κ1) is 17.8. The predicted octanol–water partition coefficient (Wildman–Crippen LogP) is 3.02. The van der Waals surface area contributed by atoms with Gasteiger partial charge in [0.05, 0.1) is 28.8 Å². The highest BCUT2D eigenvalue weighted by Crippen LogP contribution is 2.31. The zero-order chi connectivity index (χ0) is 18.9. The Kier molecular flexibility index (Phi) is 4.62. The first-order valence-electron chi connectivity index (χ1n) is 7.61. The molecule has 3 rings (SSSR count). The number of nitrogens with zero attached hydrogens (tertiary/aromatic N) is 2. The van der Waals surface area contributed by atoms with Crippen LogP contribution in [-0.4, -0.2) is 26.5 Å². The zero-order valence-corrected chi connectivity index (χ0v) is 14.9. The summed E-state index contributed by atoms with van der Waals surface area (Å²) < 4.78 is 30.0. The van der Waals surface area contributed by atoms with Crippen LogP contribution >= 0.6 is 0 Å². The molecular weight excluding hydrogens is 356 g/mol. The van der Waals surface area contributed by atoms with Gasteiger partial charge in [0.1, 0.15) is 0 Å². The molecule has 0 spiro atoms. The number of aromatic nitrogens is 1. The lowest BCUT2D eigenvalue weighted by Gasteiger charge is -2.30. The fourth-order valence-electron chi connectivity index (χ4n) is 2.48. The molecule has 0 atom stereocenters. The SMILES string of the molecule is COC(=O)c1cc(N([O-])S(=O)(=O)c2ccc(C)cc2)c2ncccc2c1. The highest BCUT2D eigenvalue weighted by molar-refractivity contribution is 7.93. The van der Waals surface area contributed by atoms with Crippen LogP contribution in [0.1, 0.15) is 15.9 Å². The quantitative estimate of drug-likeness (QED) is 0.516. The van der Waals surface area contributed by atoms with E-state index in [2.05, 4.69) is 9.72 Å². The largest absolute Gasteiger partial charge is 0.744 e. The number of benzene rings is 2. The van der Waals surface area contributed by atoms with E-state index in [9.17, 15) is 18.4 Å². The standard InChI is InChI=1S/C18H15N2O5S/c1-12-5-7-15(8-6-12)26(23,24)20(22)16-11-14(18(21)25-2)10-13-4-3-9-19-17(13)16/h3-11H,1-2H3/q-1. The summed E-state index contributed by atoms with van der Waals surface area (Å²) in [5.74, 6) is -0.682. The monoisotopic (exact) mass is 371 g/mol. The highest BCUT2D eigenvalue weighted by atomic mass is 32.2. The summed E-state index contributed by atoms with van der Waals surface area (Å²) in [5, 5.41) is 13.2. The third-order valence-corrected chi connectivity index (χ3v) is 5.34. The Morgan fingerprint density at radius 3 is 2.50 bits per heavy atom. The number of anilines is 1. The van der Waals surface area contributed by atoms with Gasteiger partial charge in [0.2, 0.25) is 0 Å². The number of hydrogen-bond donors (Lipinski definition) is 0. The summed E-state index contributed by atoms with van der Waals surface area (Å²) >= 11 is 0. The Morgan fingerprint density at radius 2 is 1.85 bits per heavy atom. The van der Waals surface area contributed by atoms with Crippen LogP contribution in [0.3, 0.4) is 0 Å². The number of sulfonamides is 1. The second-order valence-electron chi connectivity index (χ2n) is 5.61. The Hall–Kier alpha value is -2.97. The lowest BCUT2D eigenvalue weighted by molar-refractivity contribution is 0.0601. The molecule has 0 radical (unpaired) electrons. The molecule has 0 aliphatic rings. The molecule has 8 heteroatoms. The van der Waals surface area contributed by atoms with Gasteiger partial charge in [-0.3, -0.25) is 4.98 Å². The van der Waals surface area contributed by atoms with Crippen LogP contribution in [0.15, 0.2) is 59.6 Å². The van der Waals surface area contributed by atoms with Crippen LogP contribution in [0.25, 0.3) is 10.9 Å². The maximum Gasteiger partial charge on any atom is 0.337 e. The number of methoxy groups -OCH3 is 1. The summed E-state index contributed by atoms with van der Waals surface area (Å²) in [4.78, 5) is 15.8. The van der Waals surface area contributed by atoms with Crippen LogP contribution in [0.2, 0.25) is 0 Å². The molecule has 0 aliphatic heterocycles. The molecule has 0 bridgehead atoms. The van der Waals surface area contributed by atoms with Crippen molar-refractivity contribution in [1.82, 2.24) is 4.98 Å². The van der Waals surface area contributed by atoms with Crippen molar-refractivity contribution in [1.29, 1.82) is 0 Å². The van der Waals surface area contributed by atoms with E-state index < -0.39 is 16.0 Å². The normalized spacial score (nSPS) is 11.3. The first-order chi connectivity index (χ1) is 12.3. The van der Waals surface area contributed by atoms with Gasteiger partial charge >= 0.3 is 5.97 Å². The van der Waals surface area contributed by atoms with Crippen molar-refractivity contribution in [3.63, 3.8) is 0 Å². The number of rotatable bonds is 4. The van der Waals surface area contributed by atoms with E-state index >= 15 is 0 Å². The minimum absolute atomic E-state index is 0.0583. The summed E-state index contributed by atoms with van der Waals surface area (Å²) in [6.45, 7) is 1.81. The number of esters is 1. The van der Waals surface area contributed by atoms with Crippen LogP contribution in [0.4, 0.5) is 5.69 Å². The molecule has 3 aromatic rings. The van der Waals surface area contributed by atoms with Crippen LogP contribution in [0, 0.1) is 12.1 Å². The van der Waals surface area contributed by atoms with Crippen molar-refractivity contribution >= 4 is 32.6 Å². The van der Waals surface area contributed by atoms with Gasteiger partial charge in [-0.1, -0.05) is 23.8 Å². The number of aryl methyl sites for hydroxylation is 1. The molecule has 0 amide bonds. The lowest BCUT2D eigenvalue weighted by Crippen LogP contribution is -2.25. The van der Waals surface area contributed by atoms with E-state index in [1.54, 1.807) is 24.3 Å². The van der Waals surface area contributed by atoms with Gasteiger partial charge in [-0.2, -0.15) is 0 Å². The van der Waals surface area contributed by atoms with Gasteiger partial charge in [-0.15, -0.1) is 0 Å². The van der Waals surface area contributed by atoms with E-state index in [4.69, 9.17) is 0 Å².